The summed E-state index contributed by atoms with van der Waals surface area (Å²) in [6.45, 7) is 0.0141. The van der Waals surface area contributed by atoms with Gasteiger partial charge >= 0.3 is 6.18 Å². The van der Waals surface area contributed by atoms with E-state index in [0.717, 1.165) is 12.1 Å². The van der Waals surface area contributed by atoms with Crippen LogP contribution in [-0.2, 0) is 12.7 Å². The maximum absolute atomic E-state index is 12.5. The van der Waals surface area contributed by atoms with Crippen molar-refractivity contribution in [2.45, 2.75) is 12.7 Å². The van der Waals surface area contributed by atoms with Crippen LogP contribution in [0.2, 0.25) is 0 Å². The second-order valence-electron chi connectivity index (χ2n) is 2.88. The molecule has 2 N–H and O–H groups in total. The molecule has 0 fully saturated rings. The van der Waals surface area contributed by atoms with Gasteiger partial charge in [-0.05, 0) is 62.3 Å². The fourth-order valence-electron chi connectivity index (χ4n) is 1.06. The molecule has 0 amide bonds. The summed E-state index contributed by atoms with van der Waals surface area (Å²) in [5.41, 5.74) is 5.07. The Kier molecular flexibility index (Phi) is 6.59. The number of hydrogen-bond donors (Lipinski definition) is 1. The van der Waals surface area contributed by atoms with E-state index in [-0.39, 0.29) is 6.54 Å². The lowest BCUT2D eigenvalue weighted by Gasteiger charge is -2.12. The molecular formula is C8H7F3I2NOPS. The molecule has 17 heavy (non-hydrogen) atoms. The number of halogens is 5. The van der Waals surface area contributed by atoms with Gasteiger partial charge in [-0.15, -0.1) is 0 Å². The van der Waals surface area contributed by atoms with Gasteiger partial charge in [-0.2, -0.15) is 13.2 Å². The molecule has 0 unspecified atom stereocenters. The summed E-state index contributed by atoms with van der Waals surface area (Å²) < 4.78 is 42.3. The van der Waals surface area contributed by atoms with Gasteiger partial charge in [0.15, 0.2) is 0 Å². The first-order valence-corrected chi connectivity index (χ1v) is 12.5. The van der Waals surface area contributed by atoms with Gasteiger partial charge in [-0.3, -0.25) is 0 Å². The van der Waals surface area contributed by atoms with Crippen molar-refractivity contribution in [3.8, 4) is 5.75 Å². The van der Waals surface area contributed by atoms with Crippen LogP contribution in [0.25, 0.3) is 0 Å². The second kappa shape index (κ2) is 6.97. The molecule has 1 aromatic carbocycles. The van der Waals surface area contributed by atoms with E-state index >= 15 is 0 Å². The van der Waals surface area contributed by atoms with Gasteiger partial charge in [0.25, 0.3) is 0 Å². The second-order valence-corrected chi connectivity index (χ2v) is 20.4. The van der Waals surface area contributed by atoms with E-state index in [4.69, 9.17) is 9.92 Å². The molecule has 0 aliphatic carbocycles. The first kappa shape index (κ1) is 16.1. The third kappa shape index (κ3) is 5.25. The van der Waals surface area contributed by atoms with Crippen molar-refractivity contribution >= 4 is 58.2 Å². The first-order chi connectivity index (χ1) is 7.84. The number of rotatable bonds is 4. The van der Waals surface area contributed by atoms with Gasteiger partial charge in [-0.1, -0.05) is 0 Å². The van der Waals surface area contributed by atoms with Crippen LogP contribution >= 0.6 is 58.2 Å². The molecule has 1 aromatic rings. The van der Waals surface area contributed by atoms with E-state index in [2.05, 4.69) is 44.1 Å². The SMILES string of the molecule is NCc1cc(C(F)(F)F)ccc1OSP(I)I. The van der Waals surface area contributed by atoms with Crippen LogP contribution in [-0.4, -0.2) is 0 Å². The Labute approximate surface area is 128 Å². The smallest absolute Gasteiger partial charge is 0.416 e. The minimum absolute atomic E-state index is 0.0141. The molecule has 0 radical (unpaired) electrons. The van der Waals surface area contributed by atoms with Crippen molar-refractivity contribution in [3.05, 3.63) is 29.3 Å². The molecule has 0 spiro atoms. The van der Waals surface area contributed by atoms with Crippen LogP contribution in [0.3, 0.4) is 0 Å². The fraction of sp³-hybridized carbons (Fsp3) is 0.250. The highest BCUT2D eigenvalue weighted by atomic mass is 127. The molecule has 96 valence electrons. The highest BCUT2D eigenvalue weighted by molar-refractivity contribution is 14.3. The maximum Gasteiger partial charge on any atom is 0.416 e. The standard InChI is InChI=1S/C8H7F3I2NOPS/c9-8(10,11)6-1-2-7(5(3-6)4-14)15-17-16(12)13/h1-3H,4,14H2. The van der Waals surface area contributed by atoms with Crippen LogP contribution in [0.15, 0.2) is 18.2 Å². The number of hydrogen-bond acceptors (Lipinski definition) is 3. The van der Waals surface area contributed by atoms with E-state index in [0.29, 0.717) is 11.3 Å². The predicted molar refractivity (Wildman–Crippen MR) is 82.5 cm³/mol. The molecular weight excluding hydrogens is 500 g/mol. The van der Waals surface area contributed by atoms with E-state index in [1.54, 1.807) is 0 Å². The summed E-state index contributed by atoms with van der Waals surface area (Å²) in [5.74, 6) is 0.395. The Morgan fingerprint density at radius 1 is 1.35 bits per heavy atom. The topological polar surface area (TPSA) is 35.2 Å². The summed E-state index contributed by atoms with van der Waals surface area (Å²) in [6, 6.07) is 3.33. The summed E-state index contributed by atoms with van der Waals surface area (Å²) in [6.07, 6.45) is -4.35. The monoisotopic (exact) mass is 507 g/mol. The van der Waals surface area contributed by atoms with Crippen LogP contribution in [0.5, 0.6) is 5.75 Å². The van der Waals surface area contributed by atoms with Crippen molar-refractivity contribution in [1.29, 1.82) is 0 Å². The third-order valence-corrected chi connectivity index (χ3v) is 5.61. The summed E-state index contributed by atoms with van der Waals surface area (Å²) in [5, 5.41) is 0. The summed E-state index contributed by atoms with van der Waals surface area (Å²) in [7, 11) is 0. The molecule has 0 aromatic heterocycles. The Morgan fingerprint density at radius 3 is 2.47 bits per heavy atom. The largest absolute Gasteiger partial charge is 0.420 e. The molecule has 0 saturated carbocycles. The third-order valence-electron chi connectivity index (χ3n) is 1.79. The van der Waals surface area contributed by atoms with E-state index < -0.39 is 14.1 Å². The first-order valence-electron chi connectivity index (χ1n) is 4.21. The van der Waals surface area contributed by atoms with Crippen molar-refractivity contribution in [2.75, 3.05) is 0 Å². The van der Waals surface area contributed by atoms with E-state index in [1.165, 1.54) is 17.7 Å². The van der Waals surface area contributed by atoms with Gasteiger partial charge in [0.05, 0.1) is 5.56 Å². The zero-order valence-electron chi connectivity index (χ0n) is 8.17. The zero-order chi connectivity index (χ0) is 13.1. The van der Waals surface area contributed by atoms with Crippen molar-refractivity contribution in [3.63, 3.8) is 0 Å². The van der Waals surface area contributed by atoms with Gasteiger partial charge in [-0.25, -0.2) is 0 Å². The Balaban J connectivity index is 2.93. The lowest BCUT2D eigenvalue weighted by molar-refractivity contribution is -0.137. The van der Waals surface area contributed by atoms with Gasteiger partial charge < -0.3 is 9.92 Å². The normalized spacial score (nSPS) is 11.9. The molecule has 0 heterocycles. The Hall–Kier alpha value is 1.01. The molecule has 0 aliphatic rings. The van der Waals surface area contributed by atoms with Gasteiger partial charge in [0, 0.05) is 12.1 Å². The van der Waals surface area contributed by atoms with Crippen LogP contribution in [0.4, 0.5) is 13.2 Å². The van der Waals surface area contributed by atoms with Crippen LogP contribution in [0.1, 0.15) is 11.1 Å². The van der Waals surface area contributed by atoms with Crippen molar-refractivity contribution in [1.82, 2.24) is 0 Å². The van der Waals surface area contributed by atoms with Crippen LogP contribution in [0, 0.1) is 0 Å². The van der Waals surface area contributed by atoms with Crippen molar-refractivity contribution < 1.29 is 17.4 Å². The average Bonchev–Trinajstić information content (AvgIpc) is 2.24. The zero-order valence-corrected chi connectivity index (χ0v) is 14.2. The predicted octanol–water partition coefficient (Wildman–Crippen LogP) is 5.29. The molecule has 0 bridgehead atoms. The average molecular weight is 507 g/mol. The highest BCUT2D eigenvalue weighted by Crippen LogP contribution is 2.64. The summed E-state index contributed by atoms with van der Waals surface area (Å²) in [4.78, 5) is 0. The molecule has 0 atom stereocenters. The highest BCUT2D eigenvalue weighted by Gasteiger charge is 2.31. The number of benzene rings is 1. The van der Waals surface area contributed by atoms with Gasteiger partial charge in [0.2, 0.25) is 0 Å². The fourth-order valence-corrected chi connectivity index (χ4v) is 3.22. The number of alkyl halides is 3. The Bertz CT molecular complexity index is 392. The minimum atomic E-state index is -4.35. The maximum atomic E-state index is 12.5. The summed E-state index contributed by atoms with van der Waals surface area (Å²) >= 11 is 5.61. The van der Waals surface area contributed by atoms with E-state index in [1.807, 2.05) is 0 Å². The number of nitrogens with two attached hydrogens (primary N) is 1. The molecule has 2 nitrogen and oxygen atoms in total. The minimum Gasteiger partial charge on any atom is -0.420 e. The lowest BCUT2D eigenvalue weighted by Crippen LogP contribution is -2.07. The molecule has 9 heteroatoms. The van der Waals surface area contributed by atoms with Crippen molar-refractivity contribution in [2.24, 2.45) is 5.73 Å². The van der Waals surface area contributed by atoms with E-state index in [9.17, 15) is 13.2 Å². The molecule has 1 rings (SSSR count). The van der Waals surface area contributed by atoms with Gasteiger partial charge in [0.1, 0.15) is 19.8 Å². The Morgan fingerprint density at radius 2 is 2.00 bits per heavy atom. The molecule has 0 aliphatic heterocycles. The van der Waals surface area contributed by atoms with Crippen LogP contribution < -0.4 is 9.92 Å². The molecule has 0 saturated heterocycles. The quantitative estimate of drug-likeness (QED) is 0.342. The lowest BCUT2D eigenvalue weighted by atomic mass is 10.1.